The maximum Gasteiger partial charge on any atom is 0.235 e. The molecule has 0 N–H and O–H groups in total. The van der Waals surface area contributed by atoms with Crippen molar-refractivity contribution in [2.45, 2.75) is 24.0 Å². The average Bonchev–Trinajstić information content (AvgIpc) is 2.49. The molecule has 2 rings (SSSR count). The van der Waals surface area contributed by atoms with E-state index in [1.54, 1.807) is 11.8 Å². The molecule has 0 bridgehead atoms. The molecule has 110 valence electrons. The Morgan fingerprint density at radius 2 is 1.85 bits per heavy atom. The number of rotatable bonds is 4. The topological polar surface area (TPSA) is 23.6 Å². The zero-order chi connectivity index (χ0) is 14.5. The summed E-state index contributed by atoms with van der Waals surface area (Å²) in [7, 11) is 0. The van der Waals surface area contributed by atoms with E-state index in [1.807, 2.05) is 36.1 Å². The van der Waals surface area contributed by atoms with E-state index >= 15 is 0 Å². The molecule has 0 radical (unpaired) electrons. The third kappa shape index (κ3) is 4.24. The minimum absolute atomic E-state index is 0.0237. The van der Waals surface area contributed by atoms with E-state index in [4.69, 9.17) is 0 Å². The van der Waals surface area contributed by atoms with Crippen molar-refractivity contribution in [3.05, 3.63) is 28.7 Å². The number of hydrogen-bond donors (Lipinski definition) is 0. The lowest BCUT2D eigenvalue weighted by Gasteiger charge is -2.35. The van der Waals surface area contributed by atoms with E-state index in [2.05, 4.69) is 27.8 Å². The fourth-order valence-corrected chi connectivity index (χ4v) is 3.52. The monoisotopic (exact) mass is 356 g/mol. The lowest BCUT2D eigenvalue weighted by Crippen LogP contribution is -2.50. The van der Waals surface area contributed by atoms with Crippen molar-refractivity contribution < 1.29 is 4.79 Å². The minimum atomic E-state index is -0.0237. The van der Waals surface area contributed by atoms with Crippen LogP contribution in [0, 0.1) is 0 Å². The van der Waals surface area contributed by atoms with Gasteiger partial charge < -0.3 is 9.80 Å². The number of carbonyl (C=O) groups excluding carboxylic acids is 1. The smallest absolute Gasteiger partial charge is 0.235 e. The molecule has 0 spiro atoms. The molecule has 1 aliphatic heterocycles. The second kappa shape index (κ2) is 7.48. The summed E-state index contributed by atoms with van der Waals surface area (Å²) in [6.45, 7) is 8.96. The van der Waals surface area contributed by atoms with Gasteiger partial charge in [-0.25, -0.2) is 0 Å². The first kappa shape index (κ1) is 15.9. The Hall–Kier alpha value is -0.520. The number of thioether (sulfide) groups is 1. The number of amides is 1. The highest BCUT2D eigenvalue weighted by atomic mass is 79.9. The highest BCUT2D eigenvalue weighted by molar-refractivity contribution is 9.10. The van der Waals surface area contributed by atoms with Crippen molar-refractivity contribution in [3.8, 4) is 0 Å². The predicted molar refractivity (Wildman–Crippen MR) is 88.2 cm³/mol. The summed E-state index contributed by atoms with van der Waals surface area (Å²) >= 11 is 5.06. The minimum Gasteiger partial charge on any atom is -0.339 e. The Morgan fingerprint density at radius 3 is 2.40 bits per heavy atom. The van der Waals surface area contributed by atoms with Crippen LogP contribution >= 0.6 is 27.7 Å². The van der Waals surface area contributed by atoms with Gasteiger partial charge in [-0.05, 0) is 37.7 Å². The number of likely N-dealkylation sites (N-methyl/N-ethyl adjacent to an activating group) is 1. The van der Waals surface area contributed by atoms with Crippen molar-refractivity contribution >= 4 is 33.6 Å². The van der Waals surface area contributed by atoms with E-state index in [-0.39, 0.29) is 11.2 Å². The Labute approximate surface area is 133 Å². The molecular formula is C15H21BrN2OS. The number of benzene rings is 1. The molecule has 1 saturated heterocycles. The molecule has 1 aromatic rings. The summed E-state index contributed by atoms with van der Waals surface area (Å²) in [4.78, 5) is 18.0. The molecule has 1 amide bonds. The van der Waals surface area contributed by atoms with Crippen molar-refractivity contribution in [3.63, 3.8) is 0 Å². The summed E-state index contributed by atoms with van der Waals surface area (Å²) in [5.74, 6) is 0.258. The molecule has 1 unspecified atom stereocenters. The van der Waals surface area contributed by atoms with E-state index in [1.165, 1.54) is 0 Å². The van der Waals surface area contributed by atoms with Crippen molar-refractivity contribution in [1.29, 1.82) is 0 Å². The van der Waals surface area contributed by atoms with Gasteiger partial charge in [0.15, 0.2) is 0 Å². The molecule has 1 aromatic carbocycles. The Kier molecular flexibility index (Phi) is 5.93. The van der Waals surface area contributed by atoms with Crippen molar-refractivity contribution in [2.24, 2.45) is 0 Å². The Bertz CT molecular complexity index is 444. The number of carbonyl (C=O) groups is 1. The van der Waals surface area contributed by atoms with E-state index in [0.29, 0.717) is 0 Å². The van der Waals surface area contributed by atoms with Gasteiger partial charge in [0.25, 0.3) is 0 Å². The fraction of sp³-hybridized carbons (Fsp3) is 0.533. The van der Waals surface area contributed by atoms with Gasteiger partial charge >= 0.3 is 0 Å². The van der Waals surface area contributed by atoms with Crippen molar-refractivity contribution in [1.82, 2.24) is 9.80 Å². The lowest BCUT2D eigenvalue weighted by molar-refractivity contribution is -0.132. The standard InChI is InChI=1S/C15H21BrN2OS/c1-3-17-8-10-18(11-9-17)15(19)12(2)20-14-6-4-13(16)5-7-14/h4-7,12H,3,8-11H2,1-2H3. The molecule has 0 saturated carbocycles. The van der Waals surface area contributed by atoms with Crippen LogP contribution in [0.3, 0.4) is 0 Å². The normalized spacial score (nSPS) is 18.1. The lowest BCUT2D eigenvalue weighted by atomic mass is 10.3. The van der Waals surface area contributed by atoms with Crippen LogP contribution in [0.2, 0.25) is 0 Å². The number of piperazine rings is 1. The highest BCUT2D eigenvalue weighted by Gasteiger charge is 2.24. The second-order valence-corrected chi connectivity index (χ2v) is 7.30. The predicted octanol–water partition coefficient (Wildman–Crippen LogP) is 3.09. The third-order valence-electron chi connectivity index (χ3n) is 3.61. The largest absolute Gasteiger partial charge is 0.339 e. The first-order chi connectivity index (χ1) is 9.60. The quantitative estimate of drug-likeness (QED) is 0.774. The van der Waals surface area contributed by atoms with E-state index in [0.717, 1.165) is 42.1 Å². The Balaban J connectivity index is 1.87. The van der Waals surface area contributed by atoms with Crippen LogP contribution in [-0.4, -0.2) is 53.7 Å². The highest BCUT2D eigenvalue weighted by Crippen LogP contribution is 2.26. The maximum absolute atomic E-state index is 12.4. The van der Waals surface area contributed by atoms with Crippen LogP contribution < -0.4 is 0 Å². The SMILES string of the molecule is CCN1CCN(C(=O)C(C)Sc2ccc(Br)cc2)CC1. The van der Waals surface area contributed by atoms with Gasteiger partial charge in [-0.2, -0.15) is 0 Å². The van der Waals surface area contributed by atoms with Gasteiger partial charge in [0.1, 0.15) is 0 Å². The summed E-state index contributed by atoms with van der Waals surface area (Å²) in [5, 5.41) is -0.0237. The molecule has 1 aliphatic rings. The van der Waals surface area contributed by atoms with Crippen LogP contribution in [0.15, 0.2) is 33.6 Å². The van der Waals surface area contributed by atoms with Crippen molar-refractivity contribution in [2.75, 3.05) is 32.7 Å². The zero-order valence-electron chi connectivity index (χ0n) is 12.0. The molecule has 1 atom stereocenters. The number of hydrogen-bond acceptors (Lipinski definition) is 3. The summed E-state index contributed by atoms with van der Waals surface area (Å²) in [5.41, 5.74) is 0. The molecule has 1 heterocycles. The van der Waals surface area contributed by atoms with Gasteiger partial charge in [0.05, 0.1) is 5.25 Å². The van der Waals surface area contributed by atoms with Crippen LogP contribution in [-0.2, 0) is 4.79 Å². The molecular weight excluding hydrogens is 336 g/mol. The number of nitrogens with zero attached hydrogens (tertiary/aromatic N) is 2. The van der Waals surface area contributed by atoms with E-state index < -0.39 is 0 Å². The summed E-state index contributed by atoms with van der Waals surface area (Å²) in [6, 6.07) is 8.13. The van der Waals surface area contributed by atoms with Gasteiger partial charge in [-0.15, -0.1) is 11.8 Å². The first-order valence-corrected chi connectivity index (χ1v) is 8.70. The van der Waals surface area contributed by atoms with E-state index in [9.17, 15) is 4.79 Å². The van der Waals surface area contributed by atoms with Gasteiger partial charge in [-0.3, -0.25) is 4.79 Å². The Morgan fingerprint density at radius 1 is 1.25 bits per heavy atom. The van der Waals surface area contributed by atoms with Gasteiger partial charge in [0, 0.05) is 35.5 Å². The average molecular weight is 357 g/mol. The second-order valence-electron chi connectivity index (χ2n) is 4.97. The molecule has 0 aromatic heterocycles. The molecule has 0 aliphatic carbocycles. The zero-order valence-corrected chi connectivity index (χ0v) is 14.4. The van der Waals surface area contributed by atoms with Gasteiger partial charge in [0.2, 0.25) is 5.91 Å². The maximum atomic E-state index is 12.4. The summed E-state index contributed by atoms with van der Waals surface area (Å²) in [6.07, 6.45) is 0. The van der Waals surface area contributed by atoms with Crippen LogP contribution in [0.1, 0.15) is 13.8 Å². The van der Waals surface area contributed by atoms with Crippen LogP contribution in [0.5, 0.6) is 0 Å². The molecule has 20 heavy (non-hydrogen) atoms. The van der Waals surface area contributed by atoms with Crippen LogP contribution in [0.25, 0.3) is 0 Å². The molecule has 1 fully saturated rings. The van der Waals surface area contributed by atoms with Gasteiger partial charge in [-0.1, -0.05) is 22.9 Å². The molecule has 3 nitrogen and oxygen atoms in total. The summed E-state index contributed by atoms with van der Waals surface area (Å²) < 4.78 is 1.07. The fourth-order valence-electron chi connectivity index (χ4n) is 2.31. The third-order valence-corrected chi connectivity index (χ3v) is 5.23. The van der Waals surface area contributed by atoms with Crippen LogP contribution in [0.4, 0.5) is 0 Å². The molecule has 5 heteroatoms. The first-order valence-electron chi connectivity index (χ1n) is 7.03. The number of halogens is 1.